The van der Waals surface area contributed by atoms with E-state index in [1.54, 1.807) is 7.05 Å². The van der Waals surface area contributed by atoms with Gasteiger partial charge in [0.1, 0.15) is 4.90 Å². The van der Waals surface area contributed by atoms with Gasteiger partial charge in [0.2, 0.25) is 0 Å². The lowest BCUT2D eigenvalue weighted by Gasteiger charge is -2.37. The minimum Gasteiger partial charge on any atom is -0.304 e. The second-order valence-corrected chi connectivity index (χ2v) is 7.70. The molecule has 118 valence electrons. The van der Waals surface area contributed by atoms with Gasteiger partial charge in [0.05, 0.1) is 18.4 Å². The summed E-state index contributed by atoms with van der Waals surface area (Å²) in [5.74, 6) is 0. The van der Waals surface area contributed by atoms with Gasteiger partial charge in [-0.15, -0.1) is 0 Å². The van der Waals surface area contributed by atoms with Gasteiger partial charge in [0, 0.05) is 19.3 Å². The Balaban J connectivity index is 2.09. The zero-order valence-corrected chi connectivity index (χ0v) is 13.8. The monoisotopic (exact) mass is 320 g/mol. The van der Waals surface area contributed by atoms with Gasteiger partial charge in [0.25, 0.3) is 10.0 Å². The van der Waals surface area contributed by atoms with Crippen LogP contribution in [0.1, 0.15) is 5.56 Å². The van der Waals surface area contributed by atoms with Gasteiger partial charge in [-0.05, 0) is 32.1 Å². The highest BCUT2D eigenvalue weighted by Gasteiger charge is 2.34. The summed E-state index contributed by atoms with van der Waals surface area (Å²) in [5.41, 5.74) is 1.82. The number of nitrogens with zero attached hydrogens (tertiary/aromatic N) is 4. The maximum absolute atomic E-state index is 13.0. The molecule has 0 N–H and O–H groups in total. The van der Waals surface area contributed by atoms with E-state index < -0.39 is 10.0 Å². The quantitative estimate of drug-likeness (QED) is 0.850. The largest absolute Gasteiger partial charge is 0.304 e. The molecule has 0 saturated heterocycles. The summed E-state index contributed by atoms with van der Waals surface area (Å²) >= 11 is 0. The molecule has 0 spiro atoms. The maximum atomic E-state index is 13.0. The van der Waals surface area contributed by atoms with Crippen LogP contribution in [0.4, 0.5) is 5.69 Å². The van der Waals surface area contributed by atoms with Gasteiger partial charge < -0.3 is 4.90 Å². The third kappa shape index (κ3) is 2.50. The number of aromatic nitrogens is 2. The Morgan fingerprint density at radius 3 is 2.64 bits per heavy atom. The van der Waals surface area contributed by atoms with Crippen LogP contribution in [0.5, 0.6) is 0 Å². The minimum absolute atomic E-state index is 0.154. The van der Waals surface area contributed by atoms with Crippen molar-refractivity contribution < 1.29 is 8.42 Å². The first-order valence-electron chi connectivity index (χ1n) is 7.15. The number of benzene rings is 1. The molecule has 6 nitrogen and oxygen atoms in total. The first-order chi connectivity index (χ1) is 10.4. The van der Waals surface area contributed by atoms with Crippen molar-refractivity contribution in [2.75, 3.05) is 24.9 Å². The molecule has 0 saturated carbocycles. The lowest BCUT2D eigenvalue weighted by atomic mass is 9.99. The number of anilines is 1. The van der Waals surface area contributed by atoms with Crippen molar-refractivity contribution in [3.8, 4) is 0 Å². The Bertz CT molecular complexity index is 782. The second-order valence-electron chi connectivity index (χ2n) is 5.84. The fourth-order valence-electron chi connectivity index (χ4n) is 2.77. The van der Waals surface area contributed by atoms with E-state index in [0.29, 0.717) is 6.54 Å². The number of likely N-dealkylation sites (N-methyl/N-ethyl adjacent to an activating group) is 1. The molecule has 0 aliphatic carbocycles. The molecular weight excluding hydrogens is 300 g/mol. The highest BCUT2D eigenvalue weighted by atomic mass is 32.2. The lowest BCUT2D eigenvalue weighted by Crippen LogP contribution is -2.47. The number of hydrogen-bond donors (Lipinski definition) is 0. The van der Waals surface area contributed by atoms with E-state index >= 15 is 0 Å². The summed E-state index contributed by atoms with van der Waals surface area (Å²) in [6.07, 6.45) is 3.79. The van der Waals surface area contributed by atoms with Crippen LogP contribution in [-0.4, -0.2) is 49.8 Å². The van der Waals surface area contributed by atoms with Gasteiger partial charge in [-0.2, -0.15) is 5.10 Å². The zero-order valence-electron chi connectivity index (χ0n) is 13.0. The van der Waals surface area contributed by atoms with E-state index in [2.05, 4.69) is 10.00 Å². The van der Waals surface area contributed by atoms with Crippen LogP contribution in [0, 0.1) is 0 Å². The van der Waals surface area contributed by atoms with Crippen molar-refractivity contribution in [3.05, 3.63) is 42.2 Å². The molecule has 1 atom stereocenters. The topological polar surface area (TPSA) is 58.4 Å². The van der Waals surface area contributed by atoms with Gasteiger partial charge >= 0.3 is 0 Å². The lowest BCUT2D eigenvalue weighted by molar-refractivity contribution is 0.293. The minimum atomic E-state index is -3.60. The molecule has 0 fully saturated rings. The van der Waals surface area contributed by atoms with Crippen LogP contribution in [0.3, 0.4) is 0 Å². The number of rotatable bonds is 3. The molecular formula is C15H20N4O2S. The summed E-state index contributed by atoms with van der Waals surface area (Å²) in [5, 5.41) is 3.99. The standard InChI is InChI=1S/C15H20N4O2S/c1-17(2)13-8-12-6-4-5-7-15(12)19(10-13)22(20,21)14-9-16-18(3)11-14/h4-7,9,11,13H,8,10H2,1-3H3/t13-/m0/s1. The Kier molecular flexibility index (Phi) is 3.70. The Morgan fingerprint density at radius 2 is 2.00 bits per heavy atom. The van der Waals surface area contributed by atoms with Crippen molar-refractivity contribution in [3.63, 3.8) is 0 Å². The summed E-state index contributed by atoms with van der Waals surface area (Å²) in [6.45, 7) is 0.446. The van der Waals surface area contributed by atoms with Crippen molar-refractivity contribution >= 4 is 15.7 Å². The van der Waals surface area contributed by atoms with Crippen molar-refractivity contribution in [2.45, 2.75) is 17.4 Å². The van der Waals surface area contributed by atoms with Crippen LogP contribution >= 0.6 is 0 Å². The highest BCUT2D eigenvalue weighted by molar-refractivity contribution is 7.92. The zero-order chi connectivity index (χ0) is 15.9. The number of sulfonamides is 1. The molecule has 1 aliphatic rings. The third-order valence-corrected chi connectivity index (χ3v) is 5.82. The van der Waals surface area contributed by atoms with E-state index in [1.807, 2.05) is 38.4 Å². The molecule has 7 heteroatoms. The Morgan fingerprint density at radius 1 is 1.27 bits per heavy atom. The van der Waals surface area contributed by atoms with E-state index in [9.17, 15) is 8.42 Å². The average Bonchev–Trinajstić information content (AvgIpc) is 2.93. The van der Waals surface area contributed by atoms with Crippen molar-refractivity contribution in [1.82, 2.24) is 14.7 Å². The van der Waals surface area contributed by atoms with E-state index in [0.717, 1.165) is 17.7 Å². The predicted octanol–water partition coefficient (Wildman–Crippen LogP) is 1.10. The number of fused-ring (bicyclic) bond motifs is 1. The molecule has 0 radical (unpaired) electrons. The summed E-state index contributed by atoms with van der Waals surface area (Å²) in [4.78, 5) is 2.30. The van der Waals surface area contributed by atoms with Crippen LogP contribution in [0.2, 0.25) is 0 Å². The van der Waals surface area contributed by atoms with Crippen LogP contribution in [0.25, 0.3) is 0 Å². The van der Waals surface area contributed by atoms with E-state index in [4.69, 9.17) is 0 Å². The highest BCUT2D eigenvalue weighted by Crippen LogP contribution is 2.32. The molecule has 2 heterocycles. The number of aryl methyl sites for hydroxylation is 1. The number of para-hydroxylation sites is 1. The molecule has 1 aromatic carbocycles. The predicted molar refractivity (Wildman–Crippen MR) is 85.4 cm³/mol. The summed E-state index contributed by atoms with van der Waals surface area (Å²) < 4.78 is 29.0. The molecule has 0 unspecified atom stereocenters. The van der Waals surface area contributed by atoms with Gasteiger partial charge in [0.15, 0.2) is 0 Å². The van der Waals surface area contributed by atoms with Crippen molar-refractivity contribution in [1.29, 1.82) is 0 Å². The molecule has 0 bridgehead atoms. The van der Waals surface area contributed by atoms with Crippen LogP contribution < -0.4 is 4.31 Å². The first kappa shape index (κ1) is 15.1. The second kappa shape index (κ2) is 5.40. The normalized spacial score (nSPS) is 18.5. The molecule has 0 amide bonds. The van der Waals surface area contributed by atoms with Crippen LogP contribution in [-0.2, 0) is 23.5 Å². The SMILES string of the molecule is CN(C)[C@H]1Cc2ccccc2N(S(=O)(=O)c2cnn(C)c2)C1. The average molecular weight is 320 g/mol. The van der Waals surface area contributed by atoms with E-state index in [-0.39, 0.29) is 10.9 Å². The fraction of sp³-hybridized carbons (Fsp3) is 0.400. The summed E-state index contributed by atoms with van der Waals surface area (Å²) in [6, 6.07) is 7.85. The Hall–Kier alpha value is -1.86. The van der Waals surface area contributed by atoms with Gasteiger partial charge in [-0.1, -0.05) is 18.2 Å². The smallest absolute Gasteiger partial charge is 0.267 e. The Labute approximate surface area is 131 Å². The molecule has 1 aromatic heterocycles. The van der Waals surface area contributed by atoms with Crippen molar-refractivity contribution in [2.24, 2.45) is 7.05 Å². The fourth-order valence-corrected chi connectivity index (χ4v) is 4.29. The van der Waals surface area contributed by atoms with Crippen LogP contribution in [0.15, 0.2) is 41.6 Å². The van der Waals surface area contributed by atoms with E-state index in [1.165, 1.54) is 21.4 Å². The maximum Gasteiger partial charge on any atom is 0.267 e. The molecule has 22 heavy (non-hydrogen) atoms. The molecule has 3 rings (SSSR count). The number of hydrogen-bond acceptors (Lipinski definition) is 4. The van der Waals surface area contributed by atoms with Gasteiger partial charge in [-0.25, -0.2) is 8.42 Å². The molecule has 1 aliphatic heterocycles. The van der Waals surface area contributed by atoms with Gasteiger partial charge in [-0.3, -0.25) is 8.99 Å². The molecule has 2 aromatic rings. The summed E-state index contributed by atoms with van der Waals surface area (Å²) in [7, 11) is 2.08. The third-order valence-electron chi connectivity index (χ3n) is 4.09. The first-order valence-corrected chi connectivity index (χ1v) is 8.59.